The molecule has 1 saturated carbocycles. The molecule has 0 aliphatic heterocycles. The number of rotatable bonds is 4. The van der Waals surface area contributed by atoms with Gasteiger partial charge in [0.25, 0.3) is 0 Å². The Kier molecular flexibility index (Phi) is 3.41. The molecule has 1 atom stereocenters. The molecular formula is C12H21N3. The van der Waals surface area contributed by atoms with E-state index < -0.39 is 0 Å². The molecule has 0 saturated heterocycles. The van der Waals surface area contributed by atoms with E-state index in [1.807, 2.05) is 19.4 Å². The Morgan fingerprint density at radius 3 is 2.87 bits per heavy atom. The zero-order chi connectivity index (χ0) is 10.7. The monoisotopic (exact) mass is 207 g/mol. The van der Waals surface area contributed by atoms with Crippen LogP contribution in [0.25, 0.3) is 0 Å². The van der Waals surface area contributed by atoms with E-state index >= 15 is 0 Å². The molecule has 84 valence electrons. The van der Waals surface area contributed by atoms with Crippen LogP contribution in [0.15, 0.2) is 12.4 Å². The lowest BCUT2D eigenvalue weighted by Gasteiger charge is -2.20. The third-order valence-corrected chi connectivity index (χ3v) is 3.61. The zero-order valence-electron chi connectivity index (χ0n) is 9.74. The van der Waals surface area contributed by atoms with Crippen molar-refractivity contribution in [3.8, 4) is 0 Å². The predicted molar refractivity (Wildman–Crippen MR) is 61.5 cm³/mol. The molecule has 0 aromatic carbocycles. The summed E-state index contributed by atoms with van der Waals surface area (Å²) in [5.41, 5.74) is 0. The number of aromatic nitrogens is 2. The first-order chi connectivity index (χ1) is 7.27. The van der Waals surface area contributed by atoms with Crippen LogP contribution in [0.5, 0.6) is 0 Å². The molecule has 0 amide bonds. The van der Waals surface area contributed by atoms with Gasteiger partial charge in [-0.25, -0.2) is 4.98 Å². The van der Waals surface area contributed by atoms with E-state index in [1.54, 1.807) is 0 Å². The molecule has 3 heteroatoms. The first kappa shape index (κ1) is 10.7. The maximum absolute atomic E-state index is 4.31. The first-order valence-corrected chi connectivity index (χ1v) is 5.97. The van der Waals surface area contributed by atoms with Gasteiger partial charge in [-0.3, -0.25) is 0 Å². The van der Waals surface area contributed by atoms with Crippen molar-refractivity contribution in [2.75, 3.05) is 0 Å². The van der Waals surface area contributed by atoms with Crippen LogP contribution < -0.4 is 5.32 Å². The van der Waals surface area contributed by atoms with Gasteiger partial charge in [-0.2, -0.15) is 0 Å². The van der Waals surface area contributed by atoms with Crippen molar-refractivity contribution in [2.45, 2.75) is 45.2 Å². The Hall–Kier alpha value is -0.830. The number of nitrogens with one attached hydrogen (secondary N) is 1. The molecule has 1 N–H and O–H groups in total. The lowest BCUT2D eigenvalue weighted by molar-refractivity contribution is 0.375. The second kappa shape index (κ2) is 4.79. The average molecular weight is 207 g/mol. The van der Waals surface area contributed by atoms with Crippen LogP contribution in [0.4, 0.5) is 0 Å². The highest BCUT2D eigenvalue weighted by Crippen LogP contribution is 2.27. The van der Waals surface area contributed by atoms with Crippen LogP contribution in [0, 0.1) is 5.92 Å². The fraction of sp³-hybridized carbons (Fsp3) is 0.750. The Morgan fingerprint density at radius 1 is 1.53 bits per heavy atom. The van der Waals surface area contributed by atoms with Crippen molar-refractivity contribution in [2.24, 2.45) is 13.0 Å². The van der Waals surface area contributed by atoms with Crippen LogP contribution in [-0.4, -0.2) is 15.6 Å². The standard InChI is InChI=1S/C12H21N3/c1-10(11-5-3-4-6-11)14-9-12-13-7-8-15(12)2/h7-8,10-11,14H,3-6,9H2,1-2H3/t10-/m1/s1. The summed E-state index contributed by atoms with van der Waals surface area (Å²) in [5, 5.41) is 3.58. The highest BCUT2D eigenvalue weighted by molar-refractivity contribution is 4.91. The molecule has 3 nitrogen and oxygen atoms in total. The summed E-state index contributed by atoms with van der Waals surface area (Å²) in [7, 11) is 2.05. The minimum absolute atomic E-state index is 0.629. The van der Waals surface area contributed by atoms with Crippen LogP contribution in [0.3, 0.4) is 0 Å². The van der Waals surface area contributed by atoms with Gasteiger partial charge < -0.3 is 9.88 Å². The summed E-state index contributed by atoms with van der Waals surface area (Å²) < 4.78 is 2.08. The molecule has 0 spiro atoms. The van der Waals surface area contributed by atoms with E-state index in [-0.39, 0.29) is 0 Å². The number of imidazole rings is 1. The Balaban J connectivity index is 1.80. The average Bonchev–Trinajstić information content (AvgIpc) is 2.85. The largest absolute Gasteiger partial charge is 0.337 e. The maximum atomic E-state index is 4.31. The summed E-state index contributed by atoms with van der Waals surface area (Å²) in [6, 6.07) is 0.629. The van der Waals surface area contributed by atoms with Crippen molar-refractivity contribution < 1.29 is 0 Å². The van der Waals surface area contributed by atoms with Gasteiger partial charge in [0.05, 0.1) is 6.54 Å². The number of hydrogen-bond donors (Lipinski definition) is 1. The van der Waals surface area contributed by atoms with E-state index in [1.165, 1.54) is 25.7 Å². The van der Waals surface area contributed by atoms with Gasteiger partial charge in [-0.05, 0) is 25.7 Å². The molecule has 2 rings (SSSR count). The van der Waals surface area contributed by atoms with Gasteiger partial charge in [0.1, 0.15) is 5.82 Å². The normalized spacial score (nSPS) is 19.6. The summed E-state index contributed by atoms with van der Waals surface area (Å²) >= 11 is 0. The van der Waals surface area contributed by atoms with Gasteiger partial charge in [-0.1, -0.05) is 12.8 Å². The Bertz CT molecular complexity index is 300. The minimum Gasteiger partial charge on any atom is -0.337 e. The van der Waals surface area contributed by atoms with Crippen LogP contribution in [0.2, 0.25) is 0 Å². The third kappa shape index (κ3) is 2.59. The molecule has 0 bridgehead atoms. The predicted octanol–water partition coefficient (Wildman–Crippen LogP) is 2.09. The first-order valence-electron chi connectivity index (χ1n) is 5.97. The number of nitrogens with zero attached hydrogens (tertiary/aromatic N) is 2. The molecule has 1 aliphatic rings. The Labute approximate surface area is 91.9 Å². The molecule has 1 aliphatic carbocycles. The van der Waals surface area contributed by atoms with Crippen molar-refractivity contribution >= 4 is 0 Å². The molecule has 0 radical (unpaired) electrons. The van der Waals surface area contributed by atoms with E-state index in [0.717, 1.165) is 18.3 Å². The molecule has 1 aromatic heterocycles. The van der Waals surface area contributed by atoms with Gasteiger partial charge in [-0.15, -0.1) is 0 Å². The van der Waals surface area contributed by atoms with E-state index in [9.17, 15) is 0 Å². The topological polar surface area (TPSA) is 29.9 Å². The molecule has 0 unspecified atom stereocenters. The summed E-state index contributed by atoms with van der Waals surface area (Å²) in [4.78, 5) is 4.31. The molecular weight excluding hydrogens is 186 g/mol. The molecule has 1 heterocycles. The molecule has 1 aromatic rings. The van der Waals surface area contributed by atoms with Crippen LogP contribution in [0.1, 0.15) is 38.4 Å². The minimum atomic E-state index is 0.629. The van der Waals surface area contributed by atoms with Gasteiger partial charge in [0.2, 0.25) is 0 Å². The lowest BCUT2D eigenvalue weighted by atomic mass is 10.00. The fourth-order valence-electron chi connectivity index (χ4n) is 2.44. The summed E-state index contributed by atoms with van der Waals surface area (Å²) in [6.45, 7) is 3.19. The fourth-order valence-corrected chi connectivity index (χ4v) is 2.44. The van der Waals surface area contributed by atoms with Gasteiger partial charge in [0, 0.05) is 25.5 Å². The number of aryl methyl sites for hydroxylation is 1. The molecule has 1 fully saturated rings. The Morgan fingerprint density at radius 2 is 2.27 bits per heavy atom. The lowest BCUT2D eigenvalue weighted by Crippen LogP contribution is -2.32. The molecule has 15 heavy (non-hydrogen) atoms. The number of hydrogen-bond acceptors (Lipinski definition) is 2. The highest BCUT2D eigenvalue weighted by atomic mass is 15.1. The van der Waals surface area contributed by atoms with E-state index in [4.69, 9.17) is 0 Å². The second-order valence-electron chi connectivity index (χ2n) is 4.67. The van der Waals surface area contributed by atoms with E-state index in [0.29, 0.717) is 6.04 Å². The zero-order valence-corrected chi connectivity index (χ0v) is 9.74. The van der Waals surface area contributed by atoms with Crippen molar-refractivity contribution in [1.82, 2.24) is 14.9 Å². The maximum Gasteiger partial charge on any atom is 0.122 e. The third-order valence-electron chi connectivity index (χ3n) is 3.61. The van der Waals surface area contributed by atoms with Crippen molar-refractivity contribution in [3.05, 3.63) is 18.2 Å². The van der Waals surface area contributed by atoms with Crippen molar-refractivity contribution in [3.63, 3.8) is 0 Å². The SMILES string of the molecule is C[C@@H](NCc1nccn1C)C1CCCC1. The van der Waals surface area contributed by atoms with Crippen LogP contribution in [-0.2, 0) is 13.6 Å². The van der Waals surface area contributed by atoms with Crippen LogP contribution >= 0.6 is 0 Å². The second-order valence-corrected chi connectivity index (χ2v) is 4.67. The van der Waals surface area contributed by atoms with Gasteiger partial charge in [0.15, 0.2) is 0 Å². The summed E-state index contributed by atoms with van der Waals surface area (Å²) in [6.07, 6.45) is 9.48. The van der Waals surface area contributed by atoms with Crippen molar-refractivity contribution in [1.29, 1.82) is 0 Å². The summed E-state index contributed by atoms with van der Waals surface area (Å²) in [5.74, 6) is 2.00. The van der Waals surface area contributed by atoms with Gasteiger partial charge >= 0.3 is 0 Å². The van der Waals surface area contributed by atoms with E-state index in [2.05, 4.69) is 21.8 Å². The smallest absolute Gasteiger partial charge is 0.122 e. The highest BCUT2D eigenvalue weighted by Gasteiger charge is 2.21. The quantitative estimate of drug-likeness (QED) is 0.819.